The zero-order valence-corrected chi connectivity index (χ0v) is 10.4. The third-order valence-corrected chi connectivity index (χ3v) is 3.07. The smallest absolute Gasteiger partial charge is 0.481 e. The average molecular weight is 312 g/mol. The molecule has 4 nitrogen and oxygen atoms in total. The van der Waals surface area contributed by atoms with Crippen LogP contribution in [-0.4, -0.2) is 23.5 Å². The molecule has 9 heteroatoms. The summed E-state index contributed by atoms with van der Waals surface area (Å²) in [6.07, 6.45) is -8.67. The Balaban J connectivity index is 2.38. The van der Waals surface area contributed by atoms with Gasteiger partial charge in [0, 0.05) is 0 Å². The lowest BCUT2D eigenvalue weighted by atomic mass is 9.86. The molecule has 1 heterocycles. The van der Waals surface area contributed by atoms with Gasteiger partial charge in [0.15, 0.2) is 11.5 Å². The summed E-state index contributed by atoms with van der Waals surface area (Å²) in [6.45, 7) is 0.706. The summed E-state index contributed by atoms with van der Waals surface area (Å²) >= 11 is 0. The minimum absolute atomic E-state index is 0.299. The van der Waals surface area contributed by atoms with E-state index in [1.165, 1.54) is 0 Å². The van der Waals surface area contributed by atoms with Crippen molar-refractivity contribution >= 4 is 5.97 Å². The molecule has 2 atom stereocenters. The van der Waals surface area contributed by atoms with Crippen molar-refractivity contribution in [1.29, 1.82) is 0 Å². The molecule has 0 saturated carbocycles. The Morgan fingerprint density at radius 3 is 2.33 bits per heavy atom. The number of aliphatic carboxylic acids is 1. The lowest BCUT2D eigenvalue weighted by Crippen LogP contribution is -2.31. The fourth-order valence-electron chi connectivity index (χ4n) is 1.99. The normalized spacial score (nSPS) is 19.1. The van der Waals surface area contributed by atoms with Gasteiger partial charge in [0.25, 0.3) is 0 Å². The summed E-state index contributed by atoms with van der Waals surface area (Å²) < 4.78 is 72.0. The van der Waals surface area contributed by atoms with Gasteiger partial charge >= 0.3 is 18.4 Å². The van der Waals surface area contributed by atoms with Crippen LogP contribution >= 0.6 is 0 Å². The maximum absolute atomic E-state index is 12.8. The first-order valence-electron chi connectivity index (χ1n) is 5.70. The molecule has 1 N–H and O–H groups in total. The molecule has 116 valence electrons. The van der Waals surface area contributed by atoms with Crippen LogP contribution in [0.5, 0.6) is 11.5 Å². The fourth-order valence-corrected chi connectivity index (χ4v) is 1.99. The van der Waals surface area contributed by atoms with Gasteiger partial charge < -0.3 is 14.6 Å². The van der Waals surface area contributed by atoms with Crippen molar-refractivity contribution in [2.24, 2.45) is 5.92 Å². The van der Waals surface area contributed by atoms with Crippen LogP contribution in [0.25, 0.3) is 0 Å². The number of carboxylic acids is 1. The second-order valence-corrected chi connectivity index (χ2v) is 4.52. The van der Waals surface area contributed by atoms with E-state index in [9.17, 15) is 26.7 Å². The van der Waals surface area contributed by atoms with Gasteiger partial charge in [-0.15, -0.1) is 8.78 Å². The number of hydrogen-bond donors (Lipinski definition) is 1. The lowest BCUT2D eigenvalue weighted by molar-refractivity contribution is -0.286. The highest BCUT2D eigenvalue weighted by Crippen LogP contribution is 2.44. The van der Waals surface area contributed by atoms with Crippen LogP contribution in [0.15, 0.2) is 18.2 Å². The summed E-state index contributed by atoms with van der Waals surface area (Å²) in [6, 6.07) is 2.76. The lowest BCUT2D eigenvalue weighted by Gasteiger charge is -2.23. The molecule has 0 amide bonds. The van der Waals surface area contributed by atoms with Gasteiger partial charge in [-0.3, -0.25) is 4.79 Å². The van der Waals surface area contributed by atoms with Crippen molar-refractivity contribution in [2.45, 2.75) is 25.3 Å². The Kier molecular flexibility index (Phi) is 3.46. The third-order valence-electron chi connectivity index (χ3n) is 3.07. The summed E-state index contributed by atoms with van der Waals surface area (Å²) in [4.78, 5) is 11.1. The molecule has 21 heavy (non-hydrogen) atoms. The highest BCUT2D eigenvalue weighted by molar-refractivity contribution is 5.77. The van der Waals surface area contributed by atoms with Gasteiger partial charge in [0.05, 0.1) is 11.8 Å². The first kappa shape index (κ1) is 15.3. The largest absolute Gasteiger partial charge is 0.586 e. The van der Waals surface area contributed by atoms with Crippen molar-refractivity contribution < 1.29 is 41.3 Å². The minimum Gasteiger partial charge on any atom is -0.481 e. The van der Waals surface area contributed by atoms with E-state index in [1.807, 2.05) is 0 Å². The number of alkyl halides is 5. The molecular formula is C12H9F5O4. The maximum atomic E-state index is 12.8. The van der Waals surface area contributed by atoms with Gasteiger partial charge in [-0.1, -0.05) is 13.0 Å². The number of carboxylic acid groups (broad SMARTS) is 1. The molecule has 2 rings (SSSR count). The van der Waals surface area contributed by atoms with Crippen molar-refractivity contribution in [2.75, 3.05) is 0 Å². The molecule has 2 unspecified atom stereocenters. The number of rotatable bonds is 3. The molecule has 0 aromatic heterocycles. The van der Waals surface area contributed by atoms with Crippen molar-refractivity contribution in [3.63, 3.8) is 0 Å². The molecule has 0 bridgehead atoms. The maximum Gasteiger partial charge on any atom is 0.586 e. The molecule has 0 radical (unpaired) electrons. The van der Waals surface area contributed by atoms with Gasteiger partial charge in [-0.05, 0) is 17.7 Å². The quantitative estimate of drug-likeness (QED) is 0.869. The van der Waals surface area contributed by atoms with E-state index < -0.39 is 36.0 Å². The van der Waals surface area contributed by atoms with Gasteiger partial charge in [0.2, 0.25) is 0 Å². The molecule has 1 aromatic carbocycles. The summed E-state index contributed by atoms with van der Waals surface area (Å²) in [5.74, 6) is -6.72. The van der Waals surface area contributed by atoms with Crippen LogP contribution in [0, 0.1) is 5.92 Å². The molecular weight excluding hydrogens is 303 g/mol. The van der Waals surface area contributed by atoms with Crippen LogP contribution in [-0.2, 0) is 4.79 Å². The predicted octanol–water partition coefficient (Wildman–Crippen LogP) is 3.37. The number of carbonyl (C=O) groups is 1. The van der Waals surface area contributed by atoms with E-state index in [-0.39, 0.29) is 11.3 Å². The van der Waals surface area contributed by atoms with Gasteiger partial charge in [-0.25, -0.2) is 0 Å². The van der Waals surface area contributed by atoms with Gasteiger partial charge in [0.1, 0.15) is 0 Å². The molecule has 1 aliphatic heterocycles. The number of halogens is 5. The average Bonchev–Trinajstić information content (AvgIpc) is 2.60. The van der Waals surface area contributed by atoms with Crippen LogP contribution in [0.3, 0.4) is 0 Å². The number of ether oxygens (including phenoxy) is 2. The molecule has 1 aromatic rings. The third kappa shape index (κ3) is 3.01. The Labute approximate surface area is 115 Å². The standard InChI is InChI=1S/C12H9F5O4/c1-5(11(13,14)15)9(10(18)19)6-2-3-7-8(4-6)21-12(16,17)20-7/h2-5,9H,1H3,(H,18,19). The summed E-state index contributed by atoms with van der Waals surface area (Å²) in [7, 11) is 0. The van der Waals surface area contributed by atoms with Crippen molar-refractivity contribution in [3.8, 4) is 11.5 Å². The topological polar surface area (TPSA) is 55.8 Å². The molecule has 0 spiro atoms. The Hall–Kier alpha value is -2.06. The second-order valence-electron chi connectivity index (χ2n) is 4.52. The Bertz CT molecular complexity index is 569. The zero-order valence-electron chi connectivity index (χ0n) is 10.4. The zero-order chi connectivity index (χ0) is 16.0. The van der Waals surface area contributed by atoms with Crippen LogP contribution in [0.4, 0.5) is 22.0 Å². The molecule has 0 saturated heterocycles. The summed E-state index contributed by atoms with van der Waals surface area (Å²) in [5, 5.41) is 8.99. The van der Waals surface area contributed by atoms with Crippen molar-refractivity contribution in [3.05, 3.63) is 23.8 Å². The van der Waals surface area contributed by atoms with Crippen LogP contribution in [0.1, 0.15) is 18.4 Å². The Morgan fingerprint density at radius 2 is 1.81 bits per heavy atom. The van der Waals surface area contributed by atoms with Crippen molar-refractivity contribution in [1.82, 2.24) is 0 Å². The van der Waals surface area contributed by atoms with E-state index in [2.05, 4.69) is 9.47 Å². The number of benzene rings is 1. The van der Waals surface area contributed by atoms with E-state index in [1.54, 1.807) is 0 Å². The van der Waals surface area contributed by atoms with Gasteiger partial charge in [-0.2, -0.15) is 13.2 Å². The first-order valence-corrected chi connectivity index (χ1v) is 5.70. The van der Waals surface area contributed by atoms with E-state index in [0.29, 0.717) is 6.92 Å². The molecule has 0 aliphatic carbocycles. The Morgan fingerprint density at radius 1 is 1.24 bits per heavy atom. The minimum atomic E-state index is -4.75. The number of fused-ring (bicyclic) bond motifs is 1. The van der Waals surface area contributed by atoms with Crippen LogP contribution in [0.2, 0.25) is 0 Å². The monoisotopic (exact) mass is 312 g/mol. The van der Waals surface area contributed by atoms with E-state index in [0.717, 1.165) is 18.2 Å². The summed E-state index contributed by atoms with van der Waals surface area (Å²) in [5.41, 5.74) is -0.299. The molecule has 0 fully saturated rings. The van der Waals surface area contributed by atoms with E-state index in [4.69, 9.17) is 5.11 Å². The SMILES string of the molecule is CC(C(C(=O)O)c1ccc2c(c1)OC(F)(F)O2)C(F)(F)F. The van der Waals surface area contributed by atoms with Crippen LogP contribution < -0.4 is 9.47 Å². The molecule has 1 aliphatic rings. The predicted molar refractivity (Wildman–Crippen MR) is 58.2 cm³/mol. The second kappa shape index (κ2) is 4.74. The van der Waals surface area contributed by atoms with E-state index >= 15 is 0 Å². The highest BCUT2D eigenvalue weighted by Gasteiger charge is 2.47. The number of hydrogen-bond acceptors (Lipinski definition) is 3. The first-order chi connectivity index (χ1) is 9.51. The highest BCUT2D eigenvalue weighted by atomic mass is 19.4. The fraction of sp³-hybridized carbons (Fsp3) is 0.417.